The van der Waals surface area contributed by atoms with E-state index in [1.807, 2.05) is 54.6 Å². The van der Waals surface area contributed by atoms with Crippen LogP contribution in [-0.4, -0.2) is 5.91 Å². The molecule has 1 amide bonds. The number of halogens is 1. The Labute approximate surface area is 111 Å². The molecule has 2 nitrogen and oxygen atoms in total. The van der Waals surface area contributed by atoms with Crippen LogP contribution in [0.25, 0.3) is 0 Å². The smallest absolute Gasteiger partial charge is 0.218 e. The molecular formula is C15H14ClNO. The highest BCUT2D eigenvalue weighted by molar-refractivity contribution is 6.30. The van der Waals surface area contributed by atoms with Crippen LogP contribution >= 0.6 is 11.6 Å². The highest BCUT2D eigenvalue weighted by atomic mass is 35.5. The molecule has 0 saturated heterocycles. The van der Waals surface area contributed by atoms with Crippen molar-refractivity contribution in [1.82, 2.24) is 0 Å². The summed E-state index contributed by atoms with van der Waals surface area (Å²) in [4.78, 5) is 11.2. The van der Waals surface area contributed by atoms with Gasteiger partial charge in [-0.1, -0.05) is 54.1 Å². The molecule has 0 unspecified atom stereocenters. The van der Waals surface area contributed by atoms with Gasteiger partial charge in [0.05, 0.1) is 0 Å². The van der Waals surface area contributed by atoms with Crippen molar-refractivity contribution < 1.29 is 4.79 Å². The predicted molar refractivity (Wildman–Crippen MR) is 73.5 cm³/mol. The zero-order chi connectivity index (χ0) is 13.0. The molecule has 2 rings (SSSR count). The van der Waals surface area contributed by atoms with E-state index in [-0.39, 0.29) is 18.2 Å². The predicted octanol–water partition coefficient (Wildman–Crippen LogP) is 3.35. The molecule has 0 radical (unpaired) electrons. The molecule has 0 saturated carbocycles. The molecule has 0 aliphatic rings. The lowest BCUT2D eigenvalue weighted by molar-refractivity contribution is -0.118. The summed E-state index contributed by atoms with van der Waals surface area (Å²) in [6.07, 6.45) is 0.282. The molecule has 0 aromatic heterocycles. The fourth-order valence-electron chi connectivity index (χ4n) is 2.04. The summed E-state index contributed by atoms with van der Waals surface area (Å²) in [6.45, 7) is 0. The molecule has 2 aromatic rings. The van der Waals surface area contributed by atoms with E-state index in [4.69, 9.17) is 17.3 Å². The van der Waals surface area contributed by atoms with Gasteiger partial charge in [0.2, 0.25) is 5.91 Å². The van der Waals surface area contributed by atoms with Crippen molar-refractivity contribution >= 4 is 17.5 Å². The van der Waals surface area contributed by atoms with Crippen molar-refractivity contribution in [1.29, 1.82) is 0 Å². The Balaban J connectivity index is 2.40. The standard InChI is InChI=1S/C15H14ClNO/c16-13-8-4-7-12(9-13)14(10-15(17)18)11-5-2-1-3-6-11/h1-9,14H,10H2,(H2,17,18)/t14-/m1/s1. The Bertz CT molecular complexity index is 539. The Morgan fingerprint density at radius 1 is 1.06 bits per heavy atom. The van der Waals surface area contributed by atoms with Gasteiger partial charge in [0.1, 0.15) is 0 Å². The van der Waals surface area contributed by atoms with E-state index in [0.717, 1.165) is 11.1 Å². The Morgan fingerprint density at radius 2 is 1.72 bits per heavy atom. The maximum absolute atomic E-state index is 11.2. The number of carbonyl (C=O) groups excluding carboxylic acids is 1. The summed E-state index contributed by atoms with van der Waals surface area (Å²) < 4.78 is 0. The van der Waals surface area contributed by atoms with Crippen molar-refractivity contribution in [3.8, 4) is 0 Å². The minimum atomic E-state index is -0.316. The van der Waals surface area contributed by atoms with Gasteiger partial charge >= 0.3 is 0 Å². The van der Waals surface area contributed by atoms with E-state index >= 15 is 0 Å². The summed E-state index contributed by atoms with van der Waals surface area (Å²) >= 11 is 6.00. The first-order valence-electron chi connectivity index (χ1n) is 5.75. The van der Waals surface area contributed by atoms with E-state index in [1.54, 1.807) is 0 Å². The van der Waals surface area contributed by atoms with E-state index in [0.29, 0.717) is 5.02 Å². The fraction of sp³-hybridized carbons (Fsp3) is 0.133. The summed E-state index contributed by atoms with van der Waals surface area (Å²) in [5.74, 6) is -0.355. The molecule has 0 bridgehead atoms. The highest BCUT2D eigenvalue weighted by Crippen LogP contribution is 2.29. The minimum absolute atomic E-state index is 0.0394. The third kappa shape index (κ3) is 3.11. The van der Waals surface area contributed by atoms with E-state index in [2.05, 4.69) is 0 Å². The van der Waals surface area contributed by atoms with E-state index in [9.17, 15) is 4.79 Å². The van der Waals surface area contributed by atoms with Gasteiger partial charge in [0.15, 0.2) is 0 Å². The third-order valence-corrected chi connectivity index (χ3v) is 3.09. The van der Waals surface area contributed by atoms with Gasteiger partial charge in [-0.2, -0.15) is 0 Å². The average molecular weight is 260 g/mol. The lowest BCUT2D eigenvalue weighted by Gasteiger charge is -2.16. The Morgan fingerprint density at radius 3 is 2.33 bits per heavy atom. The fourth-order valence-corrected chi connectivity index (χ4v) is 2.24. The number of benzene rings is 2. The van der Waals surface area contributed by atoms with Crippen LogP contribution in [-0.2, 0) is 4.79 Å². The number of carbonyl (C=O) groups is 1. The summed E-state index contributed by atoms with van der Waals surface area (Å²) in [5.41, 5.74) is 7.41. The van der Waals surface area contributed by atoms with Gasteiger partial charge < -0.3 is 5.73 Å². The van der Waals surface area contributed by atoms with E-state index in [1.165, 1.54) is 0 Å². The summed E-state index contributed by atoms with van der Waals surface area (Å²) in [6, 6.07) is 17.4. The lowest BCUT2D eigenvalue weighted by atomic mass is 9.88. The van der Waals surface area contributed by atoms with Crippen LogP contribution in [0.15, 0.2) is 54.6 Å². The quantitative estimate of drug-likeness (QED) is 0.899. The third-order valence-electron chi connectivity index (χ3n) is 2.86. The van der Waals surface area contributed by atoms with Crippen LogP contribution in [0.3, 0.4) is 0 Å². The van der Waals surface area contributed by atoms with E-state index < -0.39 is 0 Å². The monoisotopic (exact) mass is 259 g/mol. The number of rotatable bonds is 4. The second kappa shape index (κ2) is 5.69. The van der Waals surface area contributed by atoms with Gasteiger partial charge in [-0.05, 0) is 23.3 Å². The van der Waals surface area contributed by atoms with Crippen molar-refractivity contribution in [3.05, 3.63) is 70.7 Å². The molecule has 2 N–H and O–H groups in total. The van der Waals surface area contributed by atoms with Crippen molar-refractivity contribution in [2.24, 2.45) is 5.73 Å². The molecule has 18 heavy (non-hydrogen) atoms. The van der Waals surface area contributed by atoms with Crippen LogP contribution in [0.1, 0.15) is 23.5 Å². The van der Waals surface area contributed by atoms with Crippen LogP contribution in [0, 0.1) is 0 Å². The van der Waals surface area contributed by atoms with Gasteiger partial charge in [-0.3, -0.25) is 4.79 Å². The highest BCUT2D eigenvalue weighted by Gasteiger charge is 2.16. The van der Waals surface area contributed by atoms with Crippen LogP contribution in [0.5, 0.6) is 0 Å². The number of nitrogens with two attached hydrogens (primary N) is 1. The van der Waals surface area contributed by atoms with Crippen LogP contribution in [0.2, 0.25) is 5.02 Å². The first-order valence-corrected chi connectivity index (χ1v) is 6.13. The molecule has 92 valence electrons. The van der Waals surface area contributed by atoms with Gasteiger partial charge in [-0.25, -0.2) is 0 Å². The van der Waals surface area contributed by atoms with Crippen molar-refractivity contribution in [3.63, 3.8) is 0 Å². The normalized spacial score (nSPS) is 12.1. The first kappa shape index (κ1) is 12.7. The number of hydrogen-bond acceptors (Lipinski definition) is 1. The Kier molecular flexibility index (Phi) is 4.00. The van der Waals surface area contributed by atoms with Crippen molar-refractivity contribution in [2.75, 3.05) is 0 Å². The topological polar surface area (TPSA) is 43.1 Å². The maximum Gasteiger partial charge on any atom is 0.218 e. The summed E-state index contributed by atoms with van der Waals surface area (Å²) in [7, 11) is 0. The van der Waals surface area contributed by atoms with Gasteiger partial charge in [0, 0.05) is 17.4 Å². The molecular weight excluding hydrogens is 246 g/mol. The van der Waals surface area contributed by atoms with Crippen LogP contribution in [0.4, 0.5) is 0 Å². The zero-order valence-electron chi connectivity index (χ0n) is 9.84. The zero-order valence-corrected chi connectivity index (χ0v) is 10.6. The molecule has 0 aliphatic carbocycles. The minimum Gasteiger partial charge on any atom is -0.370 e. The molecule has 0 heterocycles. The molecule has 0 spiro atoms. The first-order chi connectivity index (χ1) is 8.66. The average Bonchev–Trinajstić information content (AvgIpc) is 2.37. The second-order valence-electron chi connectivity index (χ2n) is 4.19. The van der Waals surface area contributed by atoms with Gasteiger partial charge in [0.25, 0.3) is 0 Å². The van der Waals surface area contributed by atoms with Crippen LogP contribution < -0.4 is 5.73 Å². The summed E-state index contributed by atoms with van der Waals surface area (Å²) in [5, 5.41) is 0.665. The SMILES string of the molecule is NC(=O)C[C@H](c1ccccc1)c1cccc(Cl)c1. The molecule has 3 heteroatoms. The second-order valence-corrected chi connectivity index (χ2v) is 4.63. The molecule has 0 aliphatic heterocycles. The largest absolute Gasteiger partial charge is 0.370 e. The van der Waals surface area contributed by atoms with Gasteiger partial charge in [-0.15, -0.1) is 0 Å². The number of amides is 1. The Hall–Kier alpha value is -1.80. The molecule has 0 fully saturated rings. The molecule has 2 aromatic carbocycles. The van der Waals surface area contributed by atoms with Crippen molar-refractivity contribution in [2.45, 2.75) is 12.3 Å². The number of hydrogen-bond donors (Lipinski definition) is 1. The maximum atomic E-state index is 11.2. The number of primary amides is 1. The lowest BCUT2D eigenvalue weighted by Crippen LogP contribution is -2.16. The molecule has 1 atom stereocenters.